The average molecular weight is 238 g/mol. The number of nitrogens with two attached hydrogens (primary N) is 1. The van der Waals surface area contributed by atoms with Gasteiger partial charge in [-0.2, -0.15) is 0 Å². The number of hydrogen-bond acceptors (Lipinski definition) is 4. The number of nitro groups is 1. The molecule has 1 aromatic rings. The summed E-state index contributed by atoms with van der Waals surface area (Å²) in [6, 6.07) is 0.901. The van der Waals surface area contributed by atoms with E-state index in [4.69, 9.17) is 17.3 Å². The molecule has 0 aromatic carbocycles. The molecule has 1 rings (SSSR count). The summed E-state index contributed by atoms with van der Waals surface area (Å²) in [4.78, 5) is 12.7. The fourth-order valence-corrected chi connectivity index (χ4v) is 1.20. The molecule has 15 heavy (non-hydrogen) atoms. The molecule has 1 aromatic heterocycles. The van der Waals surface area contributed by atoms with Crippen LogP contribution < -0.4 is 5.73 Å². The van der Waals surface area contributed by atoms with Crippen molar-refractivity contribution in [2.75, 3.05) is 0 Å². The first kappa shape index (κ1) is 11.7. The second-order valence-electron chi connectivity index (χ2n) is 2.61. The molecule has 0 aliphatic heterocycles. The maximum Gasteiger partial charge on any atom is 0.374 e. The predicted molar refractivity (Wildman–Crippen MR) is 48.7 cm³/mol. The normalized spacial score (nSPS) is 10.7. The van der Waals surface area contributed by atoms with Gasteiger partial charge in [-0.25, -0.2) is 8.78 Å². The molecule has 0 saturated carbocycles. The molecule has 5 nitrogen and oxygen atoms in total. The molecule has 0 aliphatic rings. The predicted octanol–water partition coefficient (Wildman–Crippen LogP) is 2.04. The minimum Gasteiger partial charge on any atom is -0.358 e. The Morgan fingerprint density at radius 2 is 2.27 bits per heavy atom. The highest BCUT2D eigenvalue weighted by molar-refractivity contribution is 6.30. The van der Waals surface area contributed by atoms with E-state index in [9.17, 15) is 18.9 Å². The SMILES string of the molecule is NCc1cc(C(F)F)c([N+](=O)[O-])nc1Cl. The Kier molecular flexibility index (Phi) is 3.48. The Bertz CT molecular complexity index is 400. The van der Waals surface area contributed by atoms with Gasteiger partial charge in [0.05, 0.1) is 0 Å². The van der Waals surface area contributed by atoms with E-state index in [0.717, 1.165) is 6.07 Å². The third-order valence-electron chi connectivity index (χ3n) is 1.68. The van der Waals surface area contributed by atoms with E-state index in [2.05, 4.69) is 4.98 Å². The first-order valence-corrected chi connectivity index (χ1v) is 4.17. The van der Waals surface area contributed by atoms with E-state index in [1.807, 2.05) is 0 Å². The van der Waals surface area contributed by atoms with Crippen molar-refractivity contribution in [1.82, 2.24) is 4.98 Å². The third-order valence-corrected chi connectivity index (χ3v) is 2.01. The Morgan fingerprint density at radius 3 is 2.67 bits per heavy atom. The van der Waals surface area contributed by atoms with Crippen molar-refractivity contribution >= 4 is 17.4 Å². The summed E-state index contributed by atoms with van der Waals surface area (Å²) in [6.45, 7) is -0.108. The van der Waals surface area contributed by atoms with Crippen LogP contribution in [0.2, 0.25) is 5.15 Å². The third kappa shape index (κ3) is 2.37. The summed E-state index contributed by atoms with van der Waals surface area (Å²) < 4.78 is 24.8. The molecule has 0 amide bonds. The lowest BCUT2D eigenvalue weighted by atomic mass is 10.2. The van der Waals surface area contributed by atoms with Gasteiger partial charge in [0.25, 0.3) is 6.43 Å². The summed E-state index contributed by atoms with van der Waals surface area (Å²) >= 11 is 5.51. The van der Waals surface area contributed by atoms with Crippen LogP contribution in [0.25, 0.3) is 0 Å². The monoisotopic (exact) mass is 237 g/mol. The minimum atomic E-state index is -2.99. The molecule has 0 bridgehead atoms. The molecular weight excluding hydrogens is 232 g/mol. The van der Waals surface area contributed by atoms with Crippen molar-refractivity contribution in [2.45, 2.75) is 13.0 Å². The first-order chi connectivity index (χ1) is 6.97. The van der Waals surface area contributed by atoms with Gasteiger partial charge in [-0.05, 0) is 27.6 Å². The summed E-state index contributed by atoms with van der Waals surface area (Å²) in [5, 5.41) is 10.2. The van der Waals surface area contributed by atoms with E-state index in [1.165, 1.54) is 0 Å². The van der Waals surface area contributed by atoms with Gasteiger partial charge >= 0.3 is 5.82 Å². The van der Waals surface area contributed by atoms with Crippen molar-refractivity contribution in [3.05, 3.63) is 32.5 Å². The highest BCUT2D eigenvalue weighted by Gasteiger charge is 2.26. The molecular formula is C7H6ClF2N3O2. The average Bonchev–Trinajstić information content (AvgIpc) is 2.16. The molecule has 0 saturated heterocycles. The Labute approximate surface area is 88.0 Å². The van der Waals surface area contributed by atoms with Crippen LogP contribution in [0, 0.1) is 10.1 Å². The molecule has 0 fully saturated rings. The van der Waals surface area contributed by atoms with Gasteiger partial charge in [-0.1, -0.05) is 0 Å². The van der Waals surface area contributed by atoms with Gasteiger partial charge in [0, 0.05) is 12.1 Å². The zero-order valence-corrected chi connectivity index (χ0v) is 8.04. The quantitative estimate of drug-likeness (QED) is 0.495. The fourth-order valence-electron chi connectivity index (χ4n) is 0.991. The maximum absolute atomic E-state index is 12.4. The van der Waals surface area contributed by atoms with Gasteiger partial charge in [-0.15, -0.1) is 0 Å². The molecule has 8 heteroatoms. The zero-order valence-electron chi connectivity index (χ0n) is 7.28. The van der Waals surface area contributed by atoms with Crippen molar-refractivity contribution in [3.8, 4) is 0 Å². The van der Waals surface area contributed by atoms with Crippen LogP contribution >= 0.6 is 11.6 Å². The highest BCUT2D eigenvalue weighted by Crippen LogP contribution is 2.30. The van der Waals surface area contributed by atoms with Gasteiger partial charge < -0.3 is 15.8 Å². The minimum absolute atomic E-state index is 0.108. The first-order valence-electron chi connectivity index (χ1n) is 3.79. The number of nitrogens with zero attached hydrogens (tertiary/aromatic N) is 2. The van der Waals surface area contributed by atoms with Gasteiger partial charge in [0.2, 0.25) is 5.15 Å². The Balaban J connectivity index is 3.38. The second kappa shape index (κ2) is 4.45. The van der Waals surface area contributed by atoms with Crippen molar-refractivity contribution < 1.29 is 13.7 Å². The number of aromatic nitrogens is 1. The topological polar surface area (TPSA) is 82.0 Å². The van der Waals surface area contributed by atoms with Crippen LogP contribution in [0.5, 0.6) is 0 Å². The van der Waals surface area contributed by atoms with Gasteiger partial charge in [0.15, 0.2) is 0 Å². The lowest BCUT2D eigenvalue weighted by molar-refractivity contribution is -0.391. The van der Waals surface area contributed by atoms with Crippen LogP contribution in [-0.4, -0.2) is 9.91 Å². The number of alkyl halides is 2. The van der Waals surface area contributed by atoms with Crippen LogP contribution in [-0.2, 0) is 6.54 Å². The summed E-state index contributed by atoms with van der Waals surface area (Å²) in [5.41, 5.74) is 4.58. The second-order valence-corrected chi connectivity index (χ2v) is 2.97. The van der Waals surface area contributed by atoms with E-state index < -0.39 is 22.7 Å². The van der Waals surface area contributed by atoms with E-state index in [-0.39, 0.29) is 17.3 Å². The zero-order chi connectivity index (χ0) is 11.6. The lowest BCUT2D eigenvalue weighted by Gasteiger charge is -2.03. The van der Waals surface area contributed by atoms with Gasteiger partial charge in [-0.3, -0.25) is 0 Å². The van der Waals surface area contributed by atoms with Gasteiger partial charge in [0.1, 0.15) is 5.56 Å². The molecule has 1 heterocycles. The highest BCUT2D eigenvalue weighted by atomic mass is 35.5. The lowest BCUT2D eigenvalue weighted by Crippen LogP contribution is -2.05. The number of pyridine rings is 1. The summed E-state index contributed by atoms with van der Waals surface area (Å²) in [5.74, 6) is -0.938. The largest absolute Gasteiger partial charge is 0.374 e. The molecule has 0 unspecified atom stereocenters. The van der Waals surface area contributed by atoms with Crippen molar-refractivity contribution in [2.24, 2.45) is 5.73 Å². The van der Waals surface area contributed by atoms with E-state index in [0.29, 0.717) is 0 Å². The number of hydrogen-bond donors (Lipinski definition) is 1. The molecule has 82 valence electrons. The Hall–Kier alpha value is -1.34. The Morgan fingerprint density at radius 1 is 1.67 bits per heavy atom. The molecule has 2 N–H and O–H groups in total. The van der Waals surface area contributed by atoms with Crippen molar-refractivity contribution in [3.63, 3.8) is 0 Å². The number of rotatable bonds is 3. The van der Waals surface area contributed by atoms with Crippen molar-refractivity contribution in [1.29, 1.82) is 0 Å². The smallest absolute Gasteiger partial charge is 0.358 e. The summed E-state index contributed by atoms with van der Waals surface area (Å²) in [7, 11) is 0. The summed E-state index contributed by atoms with van der Waals surface area (Å²) in [6.07, 6.45) is -2.99. The van der Waals surface area contributed by atoms with Crippen LogP contribution in [0.15, 0.2) is 6.07 Å². The van der Waals surface area contributed by atoms with E-state index >= 15 is 0 Å². The molecule has 0 atom stereocenters. The molecule has 0 radical (unpaired) electrons. The standard InChI is InChI=1S/C7H6ClF2N3O2/c8-5-3(2-11)1-4(6(9)10)7(12-5)13(14)15/h1,6H,2,11H2. The van der Waals surface area contributed by atoms with Crippen LogP contribution in [0.3, 0.4) is 0 Å². The molecule has 0 spiro atoms. The number of halogens is 3. The van der Waals surface area contributed by atoms with Crippen LogP contribution in [0.1, 0.15) is 17.6 Å². The fraction of sp³-hybridized carbons (Fsp3) is 0.286. The van der Waals surface area contributed by atoms with E-state index in [1.54, 1.807) is 0 Å². The molecule has 0 aliphatic carbocycles. The maximum atomic E-state index is 12.4. The van der Waals surface area contributed by atoms with Crippen LogP contribution in [0.4, 0.5) is 14.6 Å².